The van der Waals surface area contributed by atoms with Crippen molar-refractivity contribution in [3.8, 4) is 0 Å². The zero-order chi connectivity index (χ0) is 15.2. The Morgan fingerprint density at radius 2 is 2.00 bits per heavy atom. The van der Waals surface area contributed by atoms with Crippen LogP contribution in [0.15, 0.2) is 36.4 Å². The molecule has 0 aliphatic carbocycles. The van der Waals surface area contributed by atoms with Crippen molar-refractivity contribution < 1.29 is 4.74 Å². The van der Waals surface area contributed by atoms with Crippen LogP contribution in [0, 0.1) is 0 Å². The lowest BCUT2D eigenvalue weighted by Gasteiger charge is -2.11. The van der Waals surface area contributed by atoms with Crippen molar-refractivity contribution in [2.45, 2.75) is 26.5 Å². The molecule has 7 heteroatoms. The lowest BCUT2D eigenvalue weighted by Crippen LogP contribution is -2.07. The maximum Gasteiger partial charge on any atom is 0.200 e. The van der Waals surface area contributed by atoms with Crippen LogP contribution in [-0.4, -0.2) is 31.9 Å². The van der Waals surface area contributed by atoms with Crippen LogP contribution in [0.2, 0.25) is 0 Å². The molecule has 3 rings (SSSR count). The molecular formula is C15H18N6O. The van der Waals surface area contributed by atoms with E-state index in [0.29, 0.717) is 18.8 Å². The van der Waals surface area contributed by atoms with Crippen LogP contribution in [0.4, 0.5) is 5.82 Å². The van der Waals surface area contributed by atoms with Crippen LogP contribution < -0.4 is 5.32 Å². The quantitative estimate of drug-likeness (QED) is 0.673. The van der Waals surface area contributed by atoms with Gasteiger partial charge in [0.1, 0.15) is 5.82 Å². The van der Waals surface area contributed by atoms with Crippen molar-refractivity contribution in [3.05, 3.63) is 47.5 Å². The number of aromatic nitrogens is 5. The first kappa shape index (κ1) is 14.4. The number of hydrogen-bond donors (Lipinski definition) is 1. The van der Waals surface area contributed by atoms with E-state index in [1.165, 1.54) is 15.8 Å². The Labute approximate surface area is 128 Å². The molecule has 0 saturated heterocycles. The Balaban J connectivity index is 1.67. The molecule has 0 amide bonds. The van der Waals surface area contributed by atoms with Gasteiger partial charge in [-0.2, -0.15) is 0 Å². The molecule has 0 fully saturated rings. The average Bonchev–Trinajstić information content (AvgIpc) is 3.02. The monoisotopic (exact) mass is 298 g/mol. The van der Waals surface area contributed by atoms with Crippen molar-refractivity contribution in [3.63, 3.8) is 0 Å². The van der Waals surface area contributed by atoms with Crippen molar-refractivity contribution >= 4 is 11.5 Å². The van der Waals surface area contributed by atoms with E-state index in [0.717, 1.165) is 18.8 Å². The fraction of sp³-hybridized carbons (Fsp3) is 0.333. The number of fused-ring (bicyclic) bond motifs is 1. The normalized spacial score (nSPS) is 11.0. The smallest absolute Gasteiger partial charge is 0.200 e. The van der Waals surface area contributed by atoms with Gasteiger partial charge in [0.25, 0.3) is 0 Å². The number of benzene rings is 1. The summed E-state index contributed by atoms with van der Waals surface area (Å²) < 4.78 is 7.04. The van der Waals surface area contributed by atoms with Gasteiger partial charge in [-0.05, 0) is 40.1 Å². The highest BCUT2D eigenvalue weighted by Crippen LogP contribution is 2.13. The Bertz CT molecular complexity index is 741. The predicted molar refractivity (Wildman–Crippen MR) is 82.3 cm³/mol. The molecule has 1 N–H and O–H groups in total. The molecule has 0 aliphatic heterocycles. The third kappa shape index (κ3) is 3.37. The molecule has 1 aromatic carbocycles. The van der Waals surface area contributed by atoms with E-state index >= 15 is 0 Å². The fourth-order valence-electron chi connectivity index (χ4n) is 2.13. The van der Waals surface area contributed by atoms with E-state index in [1.807, 2.05) is 24.3 Å². The van der Waals surface area contributed by atoms with E-state index in [2.05, 4.69) is 45.0 Å². The largest absolute Gasteiger partial charge is 0.377 e. The van der Waals surface area contributed by atoms with Gasteiger partial charge in [0.15, 0.2) is 5.65 Å². The summed E-state index contributed by atoms with van der Waals surface area (Å²) in [6.45, 7) is 4.19. The van der Waals surface area contributed by atoms with Gasteiger partial charge in [-0.15, -0.1) is 14.8 Å². The zero-order valence-corrected chi connectivity index (χ0v) is 12.4. The third-order valence-corrected chi connectivity index (χ3v) is 3.25. The summed E-state index contributed by atoms with van der Waals surface area (Å²) in [6.07, 6.45) is 1.02. The summed E-state index contributed by atoms with van der Waals surface area (Å²) in [4.78, 5) is 0. The van der Waals surface area contributed by atoms with Gasteiger partial charge in [-0.1, -0.05) is 31.2 Å². The van der Waals surface area contributed by atoms with Gasteiger partial charge in [0.05, 0.1) is 6.61 Å². The lowest BCUT2D eigenvalue weighted by atomic mass is 10.1. The topological polar surface area (TPSA) is 77.2 Å². The molecule has 0 unspecified atom stereocenters. The van der Waals surface area contributed by atoms with E-state index < -0.39 is 0 Å². The van der Waals surface area contributed by atoms with Crippen molar-refractivity contribution in [1.29, 1.82) is 0 Å². The van der Waals surface area contributed by atoms with Crippen LogP contribution in [0.25, 0.3) is 5.65 Å². The molecule has 0 spiro atoms. The molecule has 114 valence electrons. The van der Waals surface area contributed by atoms with Crippen molar-refractivity contribution in [1.82, 2.24) is 25.3 Å². The number of rotatable bonds is 7. The maximum atomic E-state index is 5.63. The van der Waals surface area contributed by atoms with E-state index in [9.17, 15) is 0 Å². The Kier molecular flexibility index (Phi) is 4.55. The number of nitrogens with zero attached hydrogens (tertiary/aromatic N) is 5. The molecular weight excluding hydrogens is 280 g/mol. The van der Waals surface area contributed by atoms with Gasteiger partial charge in [-0.25, -0.2) is 0 Å². The first-order valence-electron chi connectivity index (χ1n) is 7.30. The third-order valence-electron chi connectivity index (χ3n) is 3.25. The zero-order valence-electron chi connectivity index (χ0n) is 12.4. The number of tetrazole rings is 1. The Hall–Kier alpha value is -2.54. The van der Waals surface area contributed by atoms with Crippen molar-refractivity contribution in [2.75, 3.05) is 11.9 Å². The number of ether oxygens (including phenoxy) is 1. The average molecular weight is 298 g/mol. The maximum absolute atomic E-state index is 5.63. The molecule has 0 aliphatic rings. The van der Waals surface area contributed by atoms with E-state index in [1.54, 1.807) is 0 Å². The summed E-state index contributed by atoms with van der Waals surface area (Å²) in [5, 5.41) is 18.8. The molecule has 22 heavy (non-hydrogen) atoms. The van der Waals surface area contributed by atoms with Crippen LogP contribution >= 0.6 is 0 Å². The molecule has 0 radical (unpaired) electrons. The van der Waals surface area contributed by atoms with Gasteiger partial charge in [0, 0.05) is 13.2 Å². The van der Waals surface area contributed by atoms with Crippen molar-refractivity contribution in [2.24, 2.45) is 0 Å². The molecule has 0 saturated carbocycles. The summed E-state index contributed by atoms with van der Waals surface area (Å²) in [7, 11) is 0. The summed E-state index contributed by atoms with van der Waals surface area (Å²) in [5.74, 6) is 0.726. The second-order valence-corrected chi connectivity index (χ2v) is 4.92. The number of hydrogen-bond acceptors (Lipinski definition) is 6. The highest BCUT2D eigenvalue weighted by atomic mass is 16.5. The standard InChI is InChI=1S/C15H18N6O/c1-2-9-22-11-13-6-4-3-5-12(13)10-16-14-7-8-15-17-19-20-21(15)18-14/h3-8H,2,9-11H2,1H3,(H,16,18). The molecule has 0 bridgehead atoms. The van der Waals surface area contributed by atoms with Gasteiger partial charge >= 0.3 is 0 Å². The van der Waals surface area contributed by atoms with Crippen LogP contribution in [-0.2, 0) is 17.9 Å². The number of nitrogens with one attached hydrogen (secondary N) is 1. The molecule has 0 atom stereocenters. The van der Waals surface area contributed by atoms with Crippen LogP contribution in [0.1, 0.15) is 24.5 Å². The minimum atomic E-state index is 0.624. The second kappa shape index (κ2) is 6.95. The SMILES string of the molecule is CCCOCc1ccccc1CNc1ccc2nnnn2n1. The highest BCUT2D eigenvalue weighted by molar-refractivity contribution is 5.43. The second-order valence-electron chi connectivity index (χ2n) is 4.92. The molecule has 2 heterocycles. The van der Waals surface area contributed by atoms with Crippen LogP contribution in [0.3, 0.4) is 0 Å². The number of anilines is 1. The summed E-state index contributed by atoms with van der Waals surface area (Å²) >= 11 is 0. The van der Waals surface area contributed by atoms with Crippen LogP contribution in [0.5, 0.6) is 0 Å². The Morgan fingerprint density at radius 3 is 2.86 bits per heavy atom. The van der Waals surface area contributed by atoms with E-state index in [4.69, 9.17) is 4.74 Å². The minimum absolute atomic E-state index is 0.624. The minimum Gasteiger partial charge on any atom is -0.377 e. The first-order chi connectivity index (χ1) is 10.9. The molecule has 7 nitrogen and oxygen atoms in total. The molecule has 3 aromatic rings. The Morgan fingerprint density at radius 1 is 1.14 bits per heavy atom. The molecule has 2 aromatic heterocycles. The van der Waals surface area contributed by atoms with Gasteiger partial charge < -0.3 is 10.1 Å². The summed E-state index contributed by atoms with van der Waals surface area (Å²) in [6, 6.07) is 11.9. The van der Waals surface area contributed by atoms with Gasteiger partial charge in [0.2, 0.25) is 0 Å². The predicted octanol–water partition coefficient (Wildman–Crippen LogP) is 2.06. The fourth-order valence-corrected chi connectivity index (χ4v) is 2.13. The van der Waals surface area contributed by atoms with Gasteiger partial charge in [-0.3, -0.25) is 0 Å². The van der Waals surface area contributed by atoms with E-state index in [-0.39, 0.29) is 0 Å². The highest BCUT2D eigenvalue weighted by Gasteiger charge is 2.04. The lowest BCUT2D eigenvalue weighted by molar-refractivity contribution is 0.121. The summed E-state index contributed by atoms with van der Waals surface area (Å²) in [5.41, 5.74) is 3.00. The first-order valence-corrected chi connectivity index (χ1v) is 7.30.